The first kappa shape index (κ1) is 17.4. The fourth-order valence-corrected chi connectivity index (χ4v) is 2.15. The number of halogens is 1. The molecule has 0 bridgehead atoms. The molecule has 0 radical (unpaired) electrons. The average molecular weight is 297 g/mol. The van der Waals surface area contributed by atoms with Crippen LogP contribution >= 0.6 is 0 Å². The number of amidine groups is 1. The molecule has 5 N–H and O–H groups in total. The highest BCUT2D eigenvalue weighted by Gasteiger charge is 2.17. The van der Waals surface area contributed by atoms with Gasteiger partial charge >= 0.3 is 0 Å². The van der Waals surface area contributed by atoms with Crippen molar-refractivity contribution in [2.45, 2.75) is 33.2 Å². The van der Waals surface area contributed by atoms with Crippen molar-refractivity contribution in [1.29, 1.82) is 0 Å². The molecule has 21 heavy (non-hydrogen) atoms. The van der Waals surface area contributed by atoms with Crippen molar-refractivity contribution in [2.75, 3.05) is 13.2 Å². The predicted octanol–water partition coefficient (Wildman–Crippen LogP) is 1.81. The Morgan fingerprint density at radius 2 is 2.14 bits per heavy atom. The second kappa shape index (κ2) is 7.95. The van der Waals surface area contributed by atoms with Crippen molar-refractivity contribution in [1.82, 2.24) is 5.32 Å². The summed E-state index contributed by atoms with van der Waals surface area (Å²) in [5.74, 6) is -0.717. The molecule has 118 valence electrons. The Kier molecular flexibility index (Phi) is 6.58. The van der Waals surface area contributed by atoms with Gasteiger partial charge in [0.2, 0.25) is 0 Å². The van der Waals surface area contributed by atoms with Gasteiger partial charge in [-0.2, -0.15) is 0 Å². The van der Waals surface area contributed by atoms with E-state index in [1.165, 1.54) is 6.07 Å². The normalized spacial score (nSPS) is 12.7. The molecule has 0 atom stereocenters. The number of aliphatic hydroxyl groups is 1. The average Bonchev–Trinajstić information content (AvgIpc) is 2.46. The van der Waals surface area contributed by atoms with Gasteiger partial charge < -0.3 is 21.4 Å². The Labute approximate surface area is 124 Å². The molecule has 0 heterocycles. The van der Waals surface area contributed by atoms with Crippen LogP contribution in [0.15, 0.2) is 23.4 Å². The summed E-state index contributed by atoms with van der Waals surface area (Å²) in [4.78, 5) is 0. The number of nitrogens with one attached hydrogen (secondary N) is 1. The molecule has 5 nitrogen and oxygen atoms in total. The predicted molar refractivity (Wildman–Crippen MR) is 80.7 cm³/mol. The minimum atomic E-state index is -0.478. The molecule has 0 aliphatic rings. The van der Waals surface area contributed by atoms with Crippen LogP contribution in [0.3, 0.4) is 0 Å². The number of nitrogens with two attached hydrogens (primary N) is 1. The fourth-order valence-electron chi connectivity index (χ4n) is 2.15. The van der Waals surface area contributed by atoms with Crippen LogP contribution in [0.25, 0.3) is 0 Å². The summed E-state index contributed by atoms with van der Waals surface area (Å²) in [5, 5.41) is 23.5. The van der Waals surface area contributed by atoms with E-state index in [0.29, 0.717) is 18.7 Å². The van der Waals surface area contributed by atoms with Crippen LogP contribution < -0.4 is 11.1 Å². The molecule has 0 amide bonds. The maximum atomic E-state index is 14.2. The quantitative estimate of drug-likeness (QED) is 0.255. The first-order chi connectivity index (χ1) is 9.91. The molecule has 0 aliphatic heterocycles. The van der Waals surface area contributed by atoms with E-state index in [2.05, 4.69) is 24.3 Å². The van der Waals surface area contributed by atoms with E-state index in [9.17, 15) is 4.39 Å². The summed E-state index contributed by atoms with van der Waals surface area (Å²) in [6, 6.07) is 4.81. The van der Waals surface area contributed by atoms with Gasteiger partial charge in [-0.3, -0.25) is 0 Å². The zero-order valence-electron chi connectivity index (χ0n) is 12.6. The van der Waals surface area contributed by atoms with E-state index in [4.69, 9.17) is 16.0 Å². The number of hydrogen-bond donors (Lipinski definition) is 4. The summed E-state index contributed by atoms with van der Waals surface area (Å²) in [6.07, 6.45) is 1.64. The Morgan fingerprint density at radius 1 is 1.43 bits per heavy atom. The highest BCUT2D eigenvalue weighted by Crippen LogP contribution is 2.21. The fraction of sp³-hybridized carbons (Fsp3) is 0.533. The standard InChI is InChI=1S/C15H24FN3O2/c1-15(2,7-4-8-20)10-18-9-11-5-3-6-12(13(11)16)14(17)19-21/h3,5-6,18,20-21H,4,7-10H2,1-2H3,(H2,17,19). The van der Waals surface area contributed by atoms with Crippen LogP contribution in [-0.4, -0.2) is 29.3 Å². The third-order valence-electron chi connectivity index (χ3n) is 3.39. The molecule has 1 aromatic rings. The van der Waals surface area contributed by atoms with Crippen molar-refractivity contribution in [3.8, 4) is 0 Å². The molecule has 0 aromatic heterocycles. The van der Waals surface area contributed by atoms with Crippen molar-refractivity contribution >= 4 is 5.84 Å². The molecule has 0 saturated heterocycles. The highest BCUT2D eigenvalue weighted by molar-refractivity contribution is 5.97. The van der Waals surface area contributed by atoms with Crippen molar-refractivity contribution in [3.63, 3.8) is 0 Å². The van der Waals surface area contributed by atoms with Gasteiger partial charge in [0, 0.05) is 25.3 Å². The second-order valence-electron chi connectivity index (χ2n) is 5.86. The van der Waals surface area contributed by atoms with Crippen molar-refractivity contribution < 1.29 is 14.7 Å². The van der Waals surface area contributed by atoms with Crippen LogP contribution in [0.5, 0.6) is 0 Å². The number of benzene rings is 1. The maximum Gasteiger partial charge on any atom is 0.173 e. The lowest BCUT2D eigenvalue weighted by molar-refractivity contribution is 0.236. The summed E-state index contributed by atoms with van der Waals surface area (Å²) in [5.41, 5.74) is 6.03. The molecular weight excluding hydrogens is 273 g/mol. The number of rotatable bonds is 8. The van der Waals surface area contributed by atoms with Gasteiger partial charge in [0.05, 0.1) is 5.56 Å². The minimum absolute atomic E-state index is 0.0302. The maximum absolute atomic E-state index is 14.2. The molecule has 0 saturated carbocycles. The molecule has 1 rings (SSSR count). The number of nitrogens with zero attached hydrogens (tertiary/aromatic N) is 1. The molecule has 6 heteroatoms. The lowest BCUT2D eigenvalue weighted by atomic mass is 9.88. The SMILES string of the molecule is CC(C)(CCCO)CNCc1cccc(/C(N)=N/O)c1F. The summed E-state index contributed by atoms with van der Waals surface area (Å²) >= 11 is 0. The van der Waals surface area contributed by atoms with Gasteiger partial charge in [0.15, 0.2) is 5.84 Å². The highest BCUT2D eigenvalue weighted by atomic mass is 19.1. The number of oxime groups is 1. The van der Waals surface area contributed by atoms with Crippen LogP contribution in [-0.2, 0) is 6.54 Å². The largest absolute Gasteiger partial charge is 0.409 e. The first-order valence-electron chi connectivity index (χ1n) is 6.98. The van der Waals surface area contributed by atoms with Crippen LogP contribution in [0, 0.1) is 11.2 Å². The third kappa shape index (κ3) is 5.32. The monoisotopic (exact) mass is 297 g/mol. The van der Waals surface area contributed by atoms with Crippen LogP contribution in [0.2, 0.25) is 0 Å². The summed E-state index contributed by atoms with van der Waals surface area (Å²) < 4.78 is 14.2. The third-order valence-corrected chi connectivity index (χ3v) is 3.39. The van der Waals surface area contributed by atoms with Crippen molar-refractivity contribution in [3.05, 3.63) is 35.1 Å². The molecule has 0 unspecified atom stereocenters. The lowest BCUT2D eigenvalue weighted by Gasteiger charge is -2.24. The van der Waals surface area contributed by atoms with Crippen molar-refractivity contribution in [2.24, 2.45) is 16.3 Å². The Hall–Kier alpha value is -1.66. The lowest BCUT2D eigenvalue weighted by Crippen LogP contribution is -2.29. The van der Waals surface area contributed by atoms with Gasteiger partial charge in [0.25, 0.3) is 0 Å². The summed E-state index contributed by atoms with van der Waals surface area (Å²) in [7, 11) is 0. The minimum Gasteiger partial charge on any atom is -0.409 e. The molecule has 0 fully saturated rings. The van der Waals surface area contributed by atoms with Gasteiger partial charge in [-0.15, -0.1) is 0 Å². The van der Waals surface area contributed by atoms with E-state index >= 15 is 0 Å². The Bertz CT molecular complexity index is 490. The second-order valence-corrected chi connectivity index (χ2v) is 5.86. The Morgan fingerprint density at radius 3 is 2.76 bits per heavy atom. The smallest absolute Gasteiger partial charge is 0.173 e. The van der Waals surface area contributed by atoms with E-state index in [-0.39, 0.29) is 23.4 Å². The molecule has 0 aliphatic carbocycles. The number of aliphatic hydroxyl groups excluding tert-OH is 1. The zero-order valence-corrected chi connectivity index (χ0v) is 12.6. The van der Waals surface area contributed by atoms with E-state index in [1.54, 1.807) is 12.1 Å². The Balaban J connectivity index is 2.64. The van der Waals surface area contributed by atoms with E-state index in [0.717, 1.165) is 12.8 Å². The van der Waals surface area contributed by atoms with Gasteiger partial charge in [-0.1, -0.05) is 31.1 Å². The van der Waals surface area contributed by atoms with Gasteiger partial charge in [-0.25, -0.2) is 4.39 Å². The first-order valence-corrected chi connectivity index (χ1v) is 6.98. The number of hydrogen-bond acceptors (Lipinski definition) is 4. The van der Waals surface area contributed by atoms with Gasteiger partial charge in [0.1, 0.15) is 5.82 Å². The van der Waals surface area contributed by atoms with Gasteiger partial charge in [-0.05, 0) is 24.3 Å². The topological polar surface area (TPSA) is 90.9 Å². The molecule has 1 aromatic carbocycles. The summed E-state index contributed by atoms with van der Waals surface area (Å²) in [6.45, 7) is 5.44. The molecular formula is C15H24FN3O2. The molecule has 0 spiro atoms. The van der Waals surface area contributed by atoms with E-state index in [1.807, 2.05) is 0 Å². The van der Waals surface area contributed by atoms with Crippen LogP contribution in [0.1, 0.15) is 37.8 Å². The zero-order chi connectivity index (χ0) is 15.9. The van der Waals surface area contributed by atoms with E-state index < -0.39 is 5.82 Å². The van der Waals surface area contributed by atoms with Crippen LogP contribution in [0.4, 0.5) is 4.39 Å².